The summed E-state index contributed by atoms with van der Waals surface area (Å²) < 4.78 is 5.79. The molecule has 6 nitrogen and oxygen atoms in total. The monoisotopic (exact) mass is 374 g/mol. The number of nitrogens with one attached hydrogen (secondary N) is 2. The SMILES string of the molecule is C[C@@H](Oc1ccccc1)c1nnc(NC(=O)Nc2cccc(Cl)c2)s1. The average Bonchev–Trinajstić information content (AvgIpc) is 3.04. The maximum atomic E-state index is 12.0. The summed E-state index contributed by atoms with van der Waals surface area (Å²) in [5.74, 6) is 0.749. The van der Waals surface area contributed by atoms with E-state index in [-0.39, 0.29) is 6.10 Å². The van der Waals surface area contributed by atoms with Crippen LogP contribution in [0, 0.1) is 0 Å². The van der Waals surface area contributed by atoms with Crippen molar-refractivity contribution in [1.29, 1.82) is 0 Å². The van der Waals surface area contributed by atoms with Gasteiger partial charge >= 0.3 is 6.03 Å². The van der Waals surface area contributed by atoms with Gasteiger partial charge in [0.15, 0.2) is 5.01 Å². The summed E-state index contributed by atoms with van der Waals surface area (Å²) in [5.41, 5.74) is 0.593. The smallest absolute Gasteiger partial charge is 0.325 e. The van der Waals surface area contributed by atoms with Gasteiger partial charge in [0.05, 0.1) is 0 Å². The first-order chi connectivity index (χ1) is 12.1. The second-order valence-corrected chi connectivity index (χ2v) is 6.55. The third-order valence-corrected chi connectivity index (χ3v) is 4.38. The molecule has 0 aliphatic rings. The summed E-state index contributed by atoms with van der Waals surface area (Å²) in [6.45, 7) is 1.88. The van der Waals surface area contributed by atoms with Gasteiger partial charge < -0.3 is 10.1 Å². The number of anilines is 2. The second-order valence-electron chi connectivity index (χ2n) is 5.11. The molecule has 1 aromatic heterocycles. The Morgan fingerprint density at radius 3 is 2.68 bits per heavy atom. The Balaban J connectivity index is 1.58. The highest BCUT2D eigenvalue weighted by Crippen LogP contribution is 2.26. The van der Waals surface area contributed by atoms with Gasteiger partial charge in [0.1, 0.15) is 11.9 Å². The van der Waals surface area contributed by atoms with Crippen molar-refractivity contribution in [2.45, 2.75) is 13.0 Å². The molecule has 2 amide bonds. The van der Waals surface area contributed by atoms with Gasteiger partial charge in [-0.25, -0.2) is 4.79 Å². The zero-order valence-electron chi connectivity index (χ0n) is 13.3. The van der Waals surface area contributed by atoms with E-state index < -0.39 is 6.03 Å². The molecule has 0 saturated carbocycles. The van der Waals surface area contributed by atoms with Gasteiger partial charge in [-0.1, -0.05) is 47.2 Å². The van der Waals surface area contributed by atoms with Crippen molar-refractivity contribution in [3.05, 3.63) is 64.6 Å². The van der Waals surface area contributed by atoms with E-state index >= 15 is 0 Å². The molecule has 3 rings (SSSR count). The summed E-state index contributed by atoms with van der Waals surface area (Å²) in [7, 11) is 0. The summed E-state index contributed by atoms with van der Waals surface area (Å²) >= 11 is 7.14. The van der Waals surface area contributed by atoms with Crippen LogP contribution in [-0.4, -0.2) is 16.2 Å². The molecule has 25 heavy (non-hydrogen) atoms. The number of benzene rings is 2. The molecule has 2 N–H and O–H groups in total. The second kappa shape index (κ2) is 7.96. The lowest BCUT2D eigenvalue weighted by atomic mass is 10.3. The number of hydrogen-bond donors (Lipinski definition) is 2. The molecule has 0 spiro atoms. The molecule has 0 fully saturated rings. The van der Waals surface area contributed by atoms with Gasteiger partial charge in [0.2, 0.25) is 5.13 Å². The molecule has 2 aromatic carbocycles. The van der Waals surface area contributed by atoms with Gasteiger partial charge in [-0.15, -0.1) is 10.2 Å². The van der Waals surface area contributed by atoms with Gasteiger partial charge in [0, 0.05) is 10.7 Å². The van der Waals surface area contributed by atoms with Crippen LogP contribution in [0.3, 0.4) is 0 Å². The van der Waals surface area contributed by atoms with Crippen molar-refractivity contribution in [2.24, 2.45) is 0 Å². The molecule has 128 valence electrons. The number of nitrogens with zero attached hydrogens (tertiary/aromatic N) is 2. The highest BCUT2D eigenvalue weighted by atomic mass is 35.5. The minimum absolute atomic E-state index is 0.272. The number of aromatic nitrogens is 2. The van der Waals surface area contributed by atoms with Crippen LogP contribution in [0.4, 0.5) is 15.6 Å². The van der Waals surface area contributed by atoms with Crippen LogP contribution in [0.15, 0.2) is 54.6 Å². The fourth-order valence-electron chi connectivity index (χ4n) is 2.03. The maximum absolute atomic E-state index is 12.0. The fraction of sp³-hybridized carbons (Fsp3) is 0.118. The molecule has 8 heteroatoms. The number of para-hydroxylation sites is 1. The largest absolute Gasteiger partial charge is 0.483 e. The zero-order chi connectivity index (χ0) is 17.6. The van der Waals surface area contributed by atoms with Crippen LogP contribution < -0.4 is 15.4 Å². The van der Waals surface area contributed by atoms with Crippen molar-refractivity contribution >= 4 is 39.8 Å². The van der Waals surface area contributed by atoms with Crippen LogP contribution in [0.1, 0.15) is 18.0 Å². The van der Waals surface area contributed by atoms with E-state index in [4.69, 9.17) is 16.3 Å². The Hall–Kier alpha value is -2.64. The van der Waals surface area contributed by atoms with Gasteiger partial charge in [-0.05, 0) is 37.3 Å². The molecule has 0 radical (unpaired) electrons. The average molecular weight is 375 g/mol. The van der Waals surface area contributed by atoms with E-state index in [1.165, 1.54) is 11.3 Å². The molecule has 0 bridgehead atoms. The number of carbonyl (C=O) groups is 1. The summed E-state index contributed by atoms with van der Waals surface area (Å²) in [4.78, 5) is 12.0. The van der Waals surface area contributed by atoms with E-state index in [0.717, 1.165) is 5.75 Å². The normalized spacial score (nSPS) is 11.6. The highest BCUT2D eigenvalue weighted by molar-refractivity contribution is 7.15. The lowest BCUT2D eigenvalue weighted by molar-refractivity contribution is 0.225. The van der Waals surface area contributed by atoms with E-state index in [0.29, 0.717) is 20.8 Å². The van der Waals surface area contributed by atoms with E-state index in [1.807, 2.05) is 37.3 Å². The highest BCUT2D eigenvalue weighted by Gasteiger charge is 2.15. The molecule has 1 heterocycles. The van der Waals surface area contributed by atoms with E-state index in [2.05, 4.69) is 20.8 Å². The summed E-state index contributed by atoms with van der Waals surface area (Å²) in [6.07, 6.45) is -0.272. The number of hydrogen-bond acceptors (Lipinski definition) is 5. The third-order valence-electron chi connectivity index (χ3n) is 3.15. The van der Waals surface area contributed by atoms with Crippen molar-refractivity contribution < 1.29 is 9.53 Å². The number of rotatable bonds is 5. The van der Waals surface area contributed by atoms with E-state index in [1.54, 1.807) is 24.3 Å². The standard InChI is InChI=1S/C17H15ClN4O2S/c1-11(24-14-8-3-2-4-9-14)15-21-22-17(25-15)20-16(23)19-13-7-5-6-12(18)10-13/h2-11H,1H3,(H2,19,20,22,23)/t11-/m1/s1. The van der Waals surface area contributed by atoms with Crippen molar-refractivity contribution in [1.82, 2.24) is 10.2 Å². The van der Waals surface area contributed by atoms with Crippen LogP contribution in [0.2, 0.25) is 5.02 Å². The quantitative estimate of drug-likeness (QED) is 0.660. The lowest BCUT2D eigenvalue weighted by Crippen LogP contribution is -2.19. The third kappa shape index (κ3) is 4.91. The number of ether oxygens (including phenoxy) is 1. The lowest BCUT2D eigenvalue weighted by Gasteiger charge is -2.11. The maximum Gasteiger partial charge on any atom is 0.325 e. The minimum atomic E-state index is -0.415. The number of amides is 2. The van der Waals surface area contributed by atoms with E-state index in [9.17, 15) is 4.79 Å². The Labute approximate surface area is 153 Å². The van der Waals surface area contributed by atoms with Gasteiger partial charge in [-0.3, -0.25) is 5.32 Å². The molecule has 0 saturated heterocycles. The van der Waals surface area contributed by atoms with Crippen molar-refractivity contribution in [2.75, 3.05) is 10.6 Å². The molecule has 3 aromatic rings. The van der Waals surface area contributed by atoms with Crippen molar-refractivity contribution in [3.8, 4) is 5.75 Å². The minimum Gasteiger partial charge on any atom is -0.483 e. The van der Waals surface area contributed by atoms with Crippen LogP contribution in [0.5, 0.6) is 5.75 Å². The first-order valence-electron chi connectivity index (χ1n) is 7.49. The summed E-state index contributed by atoms with van der Waals surface area (Å²) in [5, 5.41) is 15.0. The predicted octanol–water partition coefficient (Wildman–Crippen LogP) is 4.98. The Bertz CT molecular complexity index is 857. The van der Waals surface area contributed by atoms with Crippen molar-refractivity contribution in [3.63, 3.8) is 0 Å². The topological polar surface area (TPSA) is 76.1 Å². The molecular formula is C17H15ClN4O2S. The first kappa shape index (κ1) is 17.2. The number of carbonyl (C=O) groups excluding carboxylic acids is 1. The fourth-order valence-corrected chi connectivity index (χ4v) is 2.94. The summed E-state index contributed by atoms with van der Waals surface area (Å²) in [6, 6.07) is 15.9. The van der Waals surface area contributed by atoms with Crippen LogP contribution in [-0.2, 0) is 0 Å². The van der Waals surface area contributed by atoms with Gasteiger partial charge in [-0.2, -0.15) is 0 Å². The van der Waals surface area contributed by atoms with Crippen LogP contribution >= 0.6 is 22.9 Å². The first-order valence-corrected chi connectivity index (χ1v) is 8.68. The predicted molar refractivity (Wildman–Crippen MR) is 99.5 cm³/mol. The Morgan fingerprint density at radius 1 is 1.12 bits per heavy atom. The zero-order valence-corrected chi connectivity index (χ0v) is 14.8. The molecule has 0 aliphatic heterocycles. The molecule has 0 aliphatic carbocycles. The van der Waals surface area contributed by atoms with Gasteiger partial charge in [0.25, 0.3) is 0 Å². The molecular weight excluding hydrogens is 360 g/mol. The Kier molecular flexibility index (Phi) is 5.47. The number of halogens is 1. The molecule has 1 atom stereocenters. The Morgan fingerprint density at radius 2 is 1.92 bits per heavy atom. The number of urea groups is 1. The van der Waals surface area contributed by atoms with Crippen LogP contribution in [0.25, 0.3) is 0 Å². The molecule has 0 unspecified atom stereocenters.